The van der Waals surface area contributed by atoms with E-state index in [1.807, 2.05) is 0 Å². The van der Waals surface area contributed by atoms with Crippen LogP contribution in [-0.4, -0.2) is 58.1 Å². The zero-order valence-corrected chi connectivity index (χ0v) is 12.5. The number of hydrogen-bond acceptors (Lipinski definition) is 5. The Hall–Kier alpha value is -0.490. The standard InChI is InChI=1S/C14H28O5/c1-4-5-6-16-7-8-17-9-10-18-11-12-19-14(3)13(2)15/h14H,4-12H2,1-3H3. The van der Waals surface area contributed by atoms with E-state index in [4.69, 9.17) is 18.9 Å². The fourth-order valence-electron chi connectivity index (χ4n) is 1.19. The molecule has 114 valence electrons. The second-order valence-electron chi connectivity index (χ2n) is 4.31. The molecular weight excluding hydrogens is 248 g/mol. The van der Waals surface area contributed by atoms with E-state index in [1.165, 1.54) is 6.92 Å². The van der Waals surface area contributed by atoms with Gasteiger partial charge in [0.15, 0.2) is 5.78 Å². The Morgan fingerprint density at radius 1 is 0.895 bits per heavy atom. The number of carbonyl (C=O) groups is 1. The van der Waals surface area contributed by atoms with Gasteiger partial charge in [0.25, 0.3) is 0 Å². The van der Waals surface area contributed by atoms with Gasteiger partial charge >= 0.3 is 0 Å². The lowest BCUT2D eigenvalue weighted by Crippen LogP contribution is -2.20. The predicted molar refractivity (Wildman–Crippen MR) is 73.5 cm³/mol. The number of unbranched alkanes of at least 4 members (excludes halogenated alkanes) is 1. The van der Waals surface area contributed by atoms with Crippen LogP contribution in [0.15, 0.2) is 0 Å². The number of hydrogen-bond donors (Lipinski definition) is 0. The van der Waals surface area contributed by atoms with Crippen molar-refractivity contribution in [3.8, 4) is 0 Å². The van der Waals surface area contributed by atoms with Gasteiger partial charge in [-0.15, -0.1) is 0 Å². The molecule has 0 bridgehead atoms. The molecular formula is C14H28O5. The summed E-state index contributed by atoms with van der Waals surface area (Å²) in [6.07, 6.45) is 1.90. The summed E-state index contributed by atoms with van der Waals surface area (Å²) in [7, 11) is 0. The second kappa shape index (κ2) is 13.9. The molecule has 0 radical (unpaired) electrons. The maximum Gasteiger partial charge on any atom is 0.158 e. The maximum absolute atomic E-state index is 10.9. The van der Waals surface area contributed by atoms with Gasteiger partial charge in [-0.25, -0.2) is 0 Å². The van der Waals surface area contributed by atoms with Gasteiger partial charge in [0.1, 0.15) is 6.10 Å². The van der Waals surface area contributed by atoms with Crippen LogP contribution in [-0.2, 0) is 23.7 Å². The van der Waals surface area contributed by atoms with Gasteiger partial charge in [-0.2, -0.15) is 0 Å². The van der Waals surface area contributed by atoms with Gasteiger partial charge < -0.3 is 18.9 Å². The van der Waals surface area contributed by atoms with Crippen molar-refractivity contribution in [2.75, 3.05) is 46.2 Å². The summed E-state index contributed by atoms with van der Waals surface area (Å²) < 4.78 is 21.2. The molecule has 1 atom stereocenters. The fraction of sp³-hybridized carbons (Fsp3) is 0.929. The molecule has 0 aliphatic carbocycles. The Balaban J connectivity index is 3.05. The topological polar surface area (TPSA) is 54.0 Å². The van der Waals surface area contributed by atoms with Gasteiger partial charge in [-0.1, -0.05) is 13.3 Å². The molecule has 0 fully saturated rings. The van der Waals surface area contributed by atoms with E-state index < -0.39 is 0 Å². The van der Waals surface area contributed by atoms with E-state index in [-0.39, 0.29) is 11.9 Å². The Morgan fingerprint density at radius 2 is 1.37 bits per heavy atom. The summed E-state index contributed by atoms with van der Waals surface area (Å²) >= 11 is 0. The van der Waals surface area contributed by atoms with Crippen molar-refractivity contribution < 1.29 is 23.7 Å². The number of ketones is 1. The van der Waals surface area contributed by atoms with E-state index in [0.29, 0.717) is 39.6 Å². The van der Waals surface area contributed by atoms with Crippen molar-refractivity contribution >= 4 is 5.78 Å². The molecule has 0 N–H and O–H groups in total. The minimum Gasteiger partial charge on any atom is -0.379 e. The summed E-state index contributed by atoms with van der Waals surface area (Å²) in [6.45, 7) is 9.44. The Kier molecular flexibility index (Phi) is 13.6. The monoisotopic (exact) mass is 276 g/mol. The Bertz CT molecular complexity index is 208. The van der Waals surface area contributed by atoms with Gasteiger partial charge in [-0.3, -0.25) is 4.79 Å². The van der Waals surface area contributed by atoms with Crippen molar-refractivity contribution in [1.29, 1.82) is 0 Å². The highest BCUT2D eigenvalue weighted by molar-refractivity contribution is 5.79. The summed E-state index contributed by atoms with van der Waals surface area (Å²) in [5, 5.41) is 0. The van der Waals surface area contributed by atoms with E-state index in [0.717, 1.165) is 19.4 Å². The normalized spacial score (nSPS) is 12.6. The molecule has 19 heavy (non-hydrogen) atoms. The zero-order chi connectivity index (χ0) is 14.3. The predicted octanol–water partition coefficient (Wildman–Crippen LogP) is 1.83. The number of Topliss-reactive ketones (excluding diaryl/α,β-unsaturated/α-hetero) is 1. The highest BCUT2D eigenvalue weighted by atomic mass is 16.6. The first-order valence-corrected chi connectivity index (χ1v) is 7.03. The molecule has 0 saturated heterocycles. The lowest BCUT2D eigenvalue weighted by atomic mass is 10.3. The zero-order valence-electron chi connectivity index (χ0n) is 12.5. The van der Waals surface area contributed by atoms with E-state index in [9.17, 15) is 4.79 Å². The van der Waals surface area contributed by atoms with Crippen LogP contribution in [0.25, 0.3) is 0 Å². The van der Waals surface area contributed by atoms with Crippen LogP contribution in [0.3, 0.4) is 0 Å². The summed E-state index contributed by atoms with van der Waals surface area (Å²) in [5.74, 6) is 0.0337. The maximum atomic E-state index is 10.9. The van der Waals surface area contributed by atoms with Crippen molar-refractivity contribution in [2.24, 2.45) is 0 Å². The molecule has 0 aromatic rings. The average Bonchev–Trinajstić information content (AvgIpc) is 2.39. The fourth-order valence-corrected chi connectivity index (χ4v) is 1.19. The van der Waals surface area contributed by atoms with Crippen molar-refractivity contribution in [3.05, 3.63) is 0 Å². The van der Waals surface area contributed by atoms with Crippen LogP contribution in [0.1, 0.15) is 33.6 Å². The first-order chi connectivity index (χ1) is 9.18. The molecule has 1 unspecified atom stereocenters. The van der Waals surface area contributed by atoms with E-state index in [1.54, 1.807) is 6.92 Å². The molecule has 5 nitrogen and oxygen atoms in total. The molecule has 0 rings (SSSR count). The first-order valence-electron chi connectivity index (χ1n) is 7.03. The van der Waals surface area contributed by atoms with E-state index >= 15 is 0 Å². The minimum absolute atomic E-state index is 0.0337. The highest BCUT2D eigenvalue weighted by Gasteiger charge is 2.06. The Labute approximate surface area is 116 Å². The van der Waals surface area contributed by atoms with Crippen LogP contribution in [0.4, 0.5) is 0 Å². The van der Waals surface area contributed by atoms with Gasteiger partial charge in [0.05, 0.1) is 39.6 Å². The van der Waals surface area contributed by atoms with Crippen LogP contribution in [0.5, 0.6) is 0 Å². The Morgan fingerprint density at radius 3 is 1.84 bits per heavy atom. The SMILES string of the molecule is CCCCOCCOCCOCCOC(C)C(C)=O. The second-order valence-corrected chi connectivity index (χ2v) is 4.31. The number of rotatable bonds is 14. The molecule has 0 aliphatic rings. The summed E-state index contributed by atoms with van der Waals surface area (Å²) in [5.41, 5.74) is 0. The quantitative estimate of drug-likeness (QED) is 0.453. The highest BCUT2D eigenvalue weighted by Crippen LogP contribution is 1.92. The van der Waals surface area contributed by atoms with E-state index in [2.05, 4.69) is 6.92 Å². The van der Waals surface area contributed by atoms with Gasteiger partial charge in [0.2, 0.25) is 0 Å². The molecule has 0 aromatic heterocycles. The van der Waals surface area contributed by atoms with Crippen LogP contribution in [0.2, 0.25) is 0 Å². The van der Waals surface area contributed by atoms with Crippen molar-refractivity contribution in [2.45, 2.75) is 39.7 Å². The lowest BCUT2D eigenvalue weighted by Gasteiger charge is -2.10. The molecule has 0 heterocycles. The first kappa shape index (κ1) is 18.5. The largest absolute Gasteiger partial charge is 0.379 e. The smallest absolute Gasteiger partial charge is 0.158 e. The number of ether oxygens (including phenoxy) is 4. The average molecular weight is 276 g/mol. The lowest BCUT2D eigenvalue weighted by molar-refractivity contribution is -0.128. The van der Waals surface area contributed by atoms with Crippen molar-refractivity contribution in [3.63, 3.8) is 0 Å². The van der Waals surface area contributed by atoms with Crippen LogP contribution in [0, 0.1) is 0 Å². The number of carbonyl (C=O) groups excluding carboxylic acids is 1. The summed E-state index contributed by atoms with van der Waals surface area (Å²) in [6, 6.07) is 0. The third-order valence-corrected chi connectivity index (χ3v) is 2.55. The third kappa shape index (κ3) is 13.7. The molecule has 5 heteroatoms. The molecule has 0 aromatic carbocycles. The molecule has 0 aliphatic heterocycles. The minimum atomic E-state index is -0.347. The third-order valence-electron chi connectivity index (χ3n) is 2.55. The summed E-state index contributed by atoms with van der Waals surface area (Å²) in [4.78, 5) is 10.9. The molecule has 0 saturated carbocycles. The van der Waals surface area contributed by atoms with Crippen LogP contribution < -0.4 is 0 Å². The molecule has 0 spiro atoms. The van der Waals surface area contributed by atoms with Crippen molar-refractivity contribution in [1.82, 2.24) is 0 Å². The van der Waals surface area contributed by atoms with Gasteiger partial charge in [0, 0.05) is 6.61 Å². The molecule has 0 amide bonds. The van der Waals surface area contributed by atoms with Crippen LogP contribution >= 0.6 is 0 Å². The van der Waals surface area contributed by atoms with Gasteiger partial charge in [-0.05, 0) is 20.3 Å².